The van der Waals surface area contributed by atoms with Crippen LogP contribution in [0.3, 0.4) is 0 Å². The second-order valence-corrected chi connectivity index (χ2v) is 14.6. The van der Waals surface area contributed by atoms with Crippen molar-refractivity contribution in [2.75, 3.05) is 51.1 Å². The molecule has 0 aliphatic rings. The van der Waals surface area contributed by atoms with Gasteiger partial charge in [0.25, 0.3) is 0 Å². The minimum Gasteiger partial charge on any atom is -0.374 e. The lowest BCUT2D eigenvalue weighted by Gasteiger charge is -2.28. The highest BCUT2D eigenvalue weighted by Gasteiger charge is 2.40. The van der Waals surface area contributed by atoms with Gasteiger partial charge in [0.2, 0.25) is 0 Å². The Morgan fingerprint density at radius 2 is 0.667 bits per heavy atom. The number of rotatable bonds is 26. The maximum Gasteiger partial charge on any atom is 0.500 e. The van der Waals surface area contributed by atoms with E-state index in [0.29, 0.717) is 39.6 Å². The Labute approximate surface area is 211 Å². The van der Waals surface area contributed by atoms with Gasteiger partial charge in [-0.2, -0.15) is 11.8 Å². The molecule has 0 bridgehead atoms. The van der Waals surface area contributed by atoms with Crippen LogP contribution in [0, 0.1) is 0 Å². The molecule has 0 saturated carbocycles. The van der Waals surface area contributed by atoms with Gasteiger partial charge >= 0.3 is 17.6 Å². The van der Waals surface area contributed by atoms with E-state index in [2.05, 4.69) is 11.8 Å². The first-order chi connectivity index (χ1) is 16.1. The first-order valence-electron chi connectivity index (χ1n) is 13.5. The Morgan fingerprint density at radius 3 is 0.939 bits per heavy atom. The predicted octanol–water partition coefficient (Wildman–Crippen LogP) is 6.94. The fourth-order valence-electron chi connectivity index (χ4n) is 3.90. The van der Waals surface area contributed by atoms with Gasteiger partial charge in [-0.3, -0.25) is 0 Å². The normalized spacial score (nSPS) is 12.5. The average molecular weight is 527 g/mol. The van der Waals surface area contributed by atoms with Crippen LogP contribution in [-0.2, 0) is 26.6 Å². The van der Waals surface area contributed by atoms with Gasteiger partial charge in [-0.25, -0.2) is 0 Å². The summed E-state index contributed by atoms with van der Waals surface area (Å²) in [4.78, 5) is 0. The minimum absolute atomic E-state index is 0.664. The molecule has 0 saturated heterocycles. The Morgan fingerprint density at radius 1 is 0.394 bits per heavy atom. The monoisotopic (exact) mass is 526 g/mol. The Bertz CT molecular complexity index is 350. The van der Waals surface area contributed by atoms with Crippen LogP contribution in [0.2, 0.25) is 12.1 Å². The van der Waals surface area contributed by atoms with Crippen molar-refractivity contribution in [2.24, 2.45) is 0 Å². The van der Waals surface area contributed by atoms with Crippen LogP contribution in [0.15, 0.2) is 0 Å². The van der Waals surface area contributed by atoms with Crippen LogP contribution >= 0.6 is 11.8 Å². The quantitative estimate of drug-likeness (QED) is 0.0894. The molecule has 0 rings (SSSR count). The topological polar surface area (TPSA) is 55.4 Å². The maximum atomic E-state index is 5.94. The summed E-state index contributed by atoms with van der Waals surface area (Å²) >= 11 is 2.10. The van der Waals surface area contributed by atoms with E-state index in [4.69, 9.17) is 26.6 Å². The van der Waals surface area contributed by atoms with Gasteiger partial charge in [0.15, 0.2) is 0 Å². The zero-order chi connectivity index (χ0) is 24.7. The molecule has 6 nitrogen and oxygen atoms in total. The Hall–Kier alpha value is 0.544. The van der Waals surface area contributed by atoms with Crippen molar-refractivity contribution in [3.8, 4) is 0 Å². The molecule has 0 atom stereocenters. The van der Waals surface area contributed by atoms with Crippen LogP contribution < -0.4 is 0 Å². The third-order valence-corrected chi connectivity index (χ3v) is 12.7. The van der Waals surface area contributed by atoms with Crippen molar-refractivity contribution < 1.29 is 26.6 Å². The van der Waals surface area contributed by atoms with Crippen LogP contribution in [0.5, 0.6) is 0 Å². The molecule has 0 aliphatic heterocycles. The molecule has 0 aromatic rings. The van der Waals surface area contributed by atoms with E-state index < -0.39 is 17.6 Å². The highest BCUT2D eigenvalue weighted by molar-refractivity contribution is 7.99. The summed E-state index contributed by atoms with van der Waals surface area (Å²) in [6.07, 6.45) is 9.87. The molecule has 200 valence electrons. The second kappa shape index (κ2) is 23.0. The summed E-state index contributed by atoms with van der Waals surface area (Å²) in [6, 6.07) is 1.88. The third-order valence-electron chi connectivity index (χ3n) is 5.23. The van der Waals surface area contributed by atoms with Gasteiger partial charge < -0.3 is 26.6 Å². The van der Waals surface area contributed by atoms with Crippen LogP contribution in [-0.4, -0.2) is 68.8 Å². The van der Waals surface area contributed by atoms with Crippen molar-refractivity contribution in [3.05, 3.63) is 0 Å². The lowest BCUT2D eigenvalue weighted by molar-refractivity contribution is 0.0698. The summed E-state index contributed by atoms with van der Waals surface area (Å²) in [5, 5.41) is 0. The maximum absolute atomic E-state index is 5.94. The summed E-state index contributed by atoms with van der Waals surface area (Å²) in [7, 11) is -4.89. The van der Waals surface area contributed by atoms with Gasteiger partial charge in [0.05, 0.1) is 0 Å². The number of hydrogen-bond donors (Lipinski definition) is 0. The highest BCUT2D eigenvalue weighted by atomic mass is 32.2. The molecule has 9 heteroatoms. The average Bonchev–Trinajstić information content (AvgIpc) is 2.78. The summed E-state index contributed by atoms with van der Waals surface area (Å²) < 4.78 is 35.6. The van der Waals surface area contributed by atoms with Crippen LogP contribution in [0.4, 0.5) is 0 Å². The SMILES string of the molecule is CCO[Si](CCCCCCSCCCCCC[Si](OCC)(OCC)OCC)(OCC)OCC. The first-order valence-corrected chi connectivity index (χ1v) is 18.5. The Kier molecular flexibility index (Phi) is 23.4. The van der Waals surface area contributed by atoms with E-state index in [1.54, 1.807) is 0 Å². The van der Waals surface area contributed by atoms with E-state index >= 15 is 0 Å². The lowest BCUT2D eigenvalue weighted by atomic mass is 10.2. The molecular weight excluding hydrogens is 472 g/mol. The van der Waals surface area contributed by atoms with E-state index in [0.717, 1.165) is 24.9 Å². The number of thioether (sulfide) groups is 1. The third kappa shape index (κ3) is 16.8. The fraction of sp³-hybridized carbons (Fsp3) is 1.00. The van der Waals surface area contributed by atoms with Gasteiger partial charge in [-0.1, -0.05) is 25.7 Å². The van der Waals surface area contributed by atoms with Crippen molar-refractivity contribution in [2.45, 2.75) is 105 Å². The van der Waals surface area contributed by atoms with Crippen molar-refractivity contribution in [1.82, 2.24) is 0 Å². The molecule has 0 fully saturated rings. The molecule has 0 heterocycles. The molecule has 0 aromatic carbocycles. The molecular formula is C24H54O6SSi2. The smallest absolute Gasteiger partial charge is 0.374 e. The molecule has 0 unspecified atom stereocenters. The highest BCUT2D eigenvalue weighted by Crippen LogP contribution is 2.22. The van der Waals surface area contributed by atoms with E-state index in [-0.39, 0.29) is 0 Å². The standard InChI is InChI=1S/C24H54O6SSi2/c1-7-25-32(26-8-2,27-9-3)23-19-15-13-17-21-31-22-18-14-16-20-24-33(28-10-4,29-11-5)30-12-6/h7-24H2,1-6H3. The molecule has 0 spiro atoms. The molecule has 33 heavy (non-hydrogen) atoms. The van der Waals surface area contributed by atoms with E-state index in [9.17, 15) is 0 Å². The molecule has 0 aliphatic carbocycles. The first kappa shape index (κ1) is 33.5. The van der Waals surface area contributed by atoms with Crippen molar-refractivity contribution in [1.29, 1.82) is 0 Å². The predicted molar refractivity (Wildman–Crippen MR) is 145 cm³/mol. The van der Waals surface area contributed by atoms with Crippen LogP contribution in [0.25, 0.3) is 0 Å². The van der Waals surface area contributed by atoms with Crippen LogP contribution in [0.1, 0.15) is 92.9 Å². The summed E-state index contributed by atoms with van der Waals surface area (Å²) in [5.74, 6) is 2.53. The van der Waals surface area contributed by atoms with Crippen molar-refractivity contribution >= 4 is 29.4 Å². The lowest BCUT2D eigenvalue weighted by Crippen LogP contribution is -2.45. The Balaban J connectivity index is 3.79. The summed E-state index contributed by atoms with van der Waals surface area (Å²) in [5.41, 5.74) is 0. The number of unbranched alkanes of at least 4 members (excludes halogenated alkanes) is 6. The largest absolute Gasteiger partial charge is 0.500 e. The van der Waals surface area contributed by atoms with Gasteiger partial charge in [0, 0.05) is 51.7 Å². The fourth-order valence-corrected chi connectivity index (χ4v) is 10.3. The van der Waals surface area contributed by atoms with Gasteiger partial charge in [-0.15, -0.1) is 0 Å². The zero-order valence-electron chi connectivity index (χ0n) is 22.6. The zero-order valence-corrected chi connectivity index (χ0v) is 25.4. The molecule has 0 N–H and O–H groups in total. The number of hydrogen-bond acceptors (Lipinski definition) is 7. The minimum atomic E-state index is -2.45. The van der Waals surface area contributed by atoms with E-state index in [1.807, 2.05) is 41.5 Å². The van der Waals surface area contributed by atoms with Crippen molar-refractivity contribution in [3.63, 3.8) is 0 Å². The summed E-state index contributed by atoms with van der Waals surface area (Å²) in [6.45, 7) is 16.1. The second-order valence-electron chi connectivity index (χ2n) is 7.90. The van der Waals surface area contributed by atoms with E-state index in [1.165, 1.54) is 50.0 Å². The van der Waals surface area contributed by atoms with Gasteiger partial charge in [0.1, 0.15) is 0 Å². The molecule has 0 amide bonds. The van der Waals surface area contributed by atoms with Gasteiger partial charge in [-0.05, 0) is 78.7 Å². The molecule has 0 aromatic heterocycles. The molecule has 0 radical (unpaired) electrons.